The minimum Gasteiger partial charge on any atom is -0.439 e. The number of anilines is 1. The molecule has 0 saturated heterocycles. The van der Waals surface area contributed by atoms with Gasteiger partial charge in [0.1, 0.15) is 5.75 Å². The third kappa shape index (κ3) is 2.85. The number of Topliss-reactive ketones (excluding diaryl/α,β-unsaturated/α-hetero) is 1. The van der Waals surface area contributed by atoms with E-state index in [1.165, 1.54) is 6.92 Å². The molecule has 0 unspecified atom stereocenters. The van der Waals surface area contributed by atoms with Gasteiger partial charge in [-0.2, -0.15) is 0 Å². The summed E-state index contributed by atoms with van der Waals surface area (Å²) in [5, 5.41) is 2.98. The molecule has 0 aliphatic rings. The Labute approximate surface area is 106 Å². The maximum atomic E-state index is 11.1. The lowest BCUT2D eigenvalue weighted by atomic mass is 10.1. The van der Waals surface area contributed by atoms with E-state index in [-0.39, 0.29) is 5.78 Å². The molecule has 0 atom stereocenters. The van der Waals surface area contributed by atoms with Crippen LogP contribution in [0.4, 0.5) is 5.69 Å². The number of nitrogens with zero attached hydrogens (tertiary/aromatic N) is 1. The number of carbonyl (C=O) groups is 1. The van der Waals surface area contributed by atoms with Crippen molar-refractivity contribution in [2.75, 3.05) is 12.4 Å². The fraction of sp³-hybridized carbons (Fsp3) is 0.143. The lowest BCUT2D eigenvalue weighted by Gasteiger charge is -2.06. The predicted octanol–water partition coefficient (Wildman–Crippen LogP) is 3.12. The van der Waals surface area contributed by atoms with Gasteiger partial charge in [0.2, 0.25) is 5.88 Å². The quantitative estimate of drug-likeness (QED) is 0.837. The number of aromatic nitrogens is 1. The normalized spacial score (nSPS) is 9.89. The summed E-state index contributed by atoms with van der Waals surface area (Å²) < 4.78 is 5.56. The lowest BCUT2D eigenvalue weighted by Crippen LogP contribution is -1.93. The first kappa shape index (κ1) is 12.1. The topological polar surface area (TPSA) is 51.2 Å². The maximum Gasteiger partial charge on any atom is 0.219 e. The van der Waals surface area contributed by atoms with Crippen molar-refractivity contribution in [2.24, 2.45) is 0 Å². The first-order valence-electron chi connectivity index (χ1n) is 5.61. The highest BCUT2D eigenvalue weighted by Crippen LogP contribution is 2.20. The number of rotatable bonds is 4. The summed E-state index contributed by atoms with van der Waals surface area (Å²) >= 11 is 0. The van der Waals surface area contributed by atoms with Gasteiger partial charge in [-0.05, 0) is 37.3 Å². The zero-order valence-electron chi connectivity index (χ0n) is 10.3. The van der Waals surface area contributed by atoms with E-state index in [1.54, 1.807) is 36.5 Å². The van der Waals surface area contributed by atoms with Gasteiger partial charge in [-0.15, -0.1) is 0 Å². The Morgan fingerprint density at radius 2 is 1.89 bits per heavy atom. The zero-order valence-corrected chi connectivity index (χ0v) is 10.3. The Morgan fingerprint density at radius 1 is 1.17 bits per heavy atom. The smallest absolute Gasteiger partial charge is 0.219 e. The molecule has 0 aliphatic carbocycles. The summed E-state index contributed by atoms with van der Waals surface area (Å²) in [7, 11) is 1.83. The van der Waals surface area contributed by atoms with Crippen LogP contribution in [0.2, 0.25) is 0 Å². The highest BCUT2D eigenvalue weighted by Gasteiger charge is 2.01. The Balaban J connectivity index is 2.10. The Bertz CT molecular complexity index is 533. The van der Waals surface area contributed by atoms with Gasteiger partial charge >= 0.3 is 0 Å². The van der Waals surface area contributed by atoms with Crippen LogP contribution in [-0.4, -0.2) is 17.8 Å². The molecular formula is C14H14N2O2. The van der Waals surface area contributed by atoms with Crippen molar-refractivity contribution in [1.29, 1.82) is 0 Å². The van der Waals surface area contributed by atoms with E-state index in [2.05, 4.69) is 10.3 Å². The molecule has 1 aromatic carbocycles. The van der Waals surface area contributed by atoms with E-state index >= 15 is 0 Å². The Morgan fingerprint density at radius 3 is 2.39 bits per heavy atom. The summed E-state index contributed by atoms with van der Waals surface area (Å²) in [6.07, 6.45) is 1.69. The molecule has 0 spiro atoms. The van der Waals surface area contributed by atoms with Crippen molar-refractivity contribution in [3.8, 4) is 11.6 Å². The van der Waals surface area contributed by atoms with Crippen molar-refractivity contribution < 1.29 is 9.53 Å². The number of benzene rings is 1. The van der Waals surface area contributed by atoms with Crippen molar-refractivity contribution in [1.82, 2.24) is 4.98 Å². The minimum absolute atomic E-state index is 0.0399. The monoisotopic (exact) mass is 242 g/mol. The Kier molecular flexibility index (Phi) is 3.57. The molecule has 0 aliphatic heterocycles. The first-order chi connectivity index (χ1) is 8.69. The number of ketones is 1. The maximum absolute atomic E-state index is 11.1. The summed E-state index contributed by atoms with van der Waals surface area (Å²) in [6.45, 7) is 1.54. The molecule has 18 heavy (non-hydrogen) atoms. The minimum atomic E-state index is 0.0399. The van der Waals surface area contributed by atoms with Gasteiger partial charge in [-0.3, -0.25) is 4.79 Å². The molecule has 1 heterocycles. The molecule has 2 aromatic rings. The average Bonchev–Trinajstić information content (AvgIpc) is 2.40. The predicted molar refractivity (Wildman–Crippen MR) is 70.3 cm³/mol. The van der Waals surface area contributed by atoms with Crippen LogP contribution < -0.4 is 10.1 Å². The summed E-state index contributed by atoms with van der Waals surface area (Å²) in [4.78, 5) is 15.3. The standard InChI is InChI=1S/C14H14N2O2/c1-10(17)11-3-6-13(7-4-11)18-14-8-5-12(15-2)9-16-14/h3-9,15H,1-2H3. The van der Waals surface area contributed by atoms with Crippen molar-refractivity contribution in [3.05, 3.63) is 48.2 Å². The van der Waals surface area contributed by atoms with E-state index in [0.29, 0.717) is 17.2 Å². The van der Waals surface area contributed by atoms with Crippen LogP contribution in [-0.2, 0) is 0 Å². The summed E-state index contributed by atoms with van der Waals surface area (Å²) in [5.74, 6) is 1.22. The third-order valence-corrected chi connectivity index (χ3v) is 2.51. The van der Waals surface area contributed by atoms with Crippen LogP contribution in [0.1, 0.15) is 17.3 Å². The second-order valence-corrected chi connectivity index (χ2v) is 3.82. The Hall–Kier alpha value is -2.36. The van der Waals surface area contributed by atoms with Crippen molar-refractivity contribution >= 4 is 11.5 Å². The summed E-state index contributed by atoms with van der Waals surface area (Å²) in [6, 6.07) is 10.6. The van der Waals surface area contributed by atoms with E-state index in [9.17, 15) is 4.79 Å². The van der Waals surface area contributed by atoms with Gasteiger partial charge in [-0.1, -0.05) is 0 Å². The number of hydrogen-bond donors (Lipinski definition) is 1. The molecule has 0 fully saturated rings. The highest BCUT2D eigenvalue weighted by molar-refractivity contribution is 5.94. The molecule has 0 saturated carbocycles. The zero-order chi connectivity index (χ0) is 13.0. The van der Waals surface area contributed by atoms with E-state index < -0.39 is 0 Å². The molecule has 2 rings (SSSR count). The van der Waals surface area contributed by atoms with Crippen LogP contribution in [0.15, 0.2) is 42.6 Å². The van der Waals surface area contributed by atoms with Crippen LogP contribution in [0.25, 0.3) is 0 Å². The molecule has 1 aromatic heterocycles. The summed E-state index contributed by atoms with van der Waals surface area (Å²) in [5.41, 5.74) is 1.59. The first-order valence-corrected chi connectivity index (χ1v) is 5.61. The molecule has 0 amide bonds. The van der Waals surface area contributed by atoms with Gasteiger partial charge in [0.15, 0.2) is 5.78 Å². The second-order valence-electron chi connectivity index (χ2n) is 3.82. The van der Waals surface area contributed by atoms with E-state index in [1.807, 2.05) is 13.1 Å². The molecule has 0 bridgehead atoms. The second kappa shape index (κ2) is 5.31. The van der Waals surface area contributed by atoms with Gasteiger partial charge in [0.05, 0.1) is 11.9 Å². The largest absolute Gasteiger partial charge is 0.439 e. The van der Waals surface area contributed by atoms with Crippen LogP contribution >= 0.6 is 0 Å². The molecule has 0 radical (unpaired) electrons. The molecule has 4 heteroatoms. The number of nitrogens with one attached hydrogen (secondary N) is 1. The van der Waals surface area contributed by atoms with Crippen molar-refractivity contribution in [3.63, 3.8) is 0 Å². The fourth-order valence-electron chi connectivity index (χ4n) is 1.47. The molecular weight excluding hydrogens is 228 g/mol. The number of carbonyl (C=O) groups excluding carboxylic acids is 1. The van der Waals surface area contributed by atoms with Crippen LogP contribution in [0.5, 0.6) is 11.6 Å². The van der Waals surface area contributed by atoms with Crippen molar-refractivity contribution in [2.45, 2.75) is 6.92 Å². The van der Waals surface area contributed by atoms with E-state index in [0.717, 1.165) is 5.69 Å². The highest BCUT2D eigenvalue weighted by atomic mass is 16.5. The van der Waals surface area contributed by atoms with Gasteiger partial charge < -0.3 is 10.1 Å². The van der Waals surface area contributed by atoms with Crippen LogP contribution in [0.3, 0.4) is 0 Å². The lowest BCUT2D eigenvalue weighted by molar-refractivity contribution is 0.101. The van der Waals surface area contributed by atoms with Gasteiger partial charge in [0.25, 0.3) is 0 Å². The number of hydrogen-bond acceptors (Lipinski definition) is 4. The average molecular weight is 242 g/mol. The van der Waals surface area contributed by atoms with E-state index in [4.69, 9.17) is 4.74 Å². The number of pyridine rings is 1. The molecule has 1 N–H and O–H groups in total. The number of ether oxygens (including phenoxy) is 1. The fourth-order valence-corrected chi connectivity index (χ4v) is 1.47. The van der Waals surface area contributed by atoms with Gasteiger partial charge in [0, 0.05) is 18.7 Å². The third-order valence-electron chi connectivity index (χ3n) is 2.51. The molecule has 92 valence electrons. The molecule has 4 nitrogen and oxygen atoms in total. The van der Waals surface area contributed by atoms with Crippen LogP contribution in [0, 0.1) is 0 Å². The SMILES string of the molecule is CNc1ccc(Oc2ccc(C(C)=O)cc2)nc1. The van der Waals surface area contributed by atoms with Gasteiger partial charge in [-0.25, -0.2) is 4.98 Å².